The molecule has 2 aliphatic heterocycles. The zero-order chi connectivity index (χ0) is 33.7. The second-order valence-electron chi connectivity index (χ2n) is 13.7. The van der Waals surface area contributed by atoms with Crippen LogP contribution in [0.1, 0.15) is 50.2 Å². The number of H-pyrrole nitrogens is 2. The van der Waals surface area contributed by atoms with Crippen molar-refractivity contribution in [2.75, 3.05) is 54.4 Å². The van der Waals surface area contributed by atoms with E-state index in [1.54, 1.807) is 38.0 Å². The smallest absolute Gasteiger partial charge is 0.319 e. The van der Waals surface area contributed by atoms with Gasteiger partial charge in [0.15, 0.2) is 11.3 Å². The molecular weight excluding hydrogens is 608 g/mol. The number of urea groups is 2. The Kier molecular flexibility index (Phi) is 8.17. The van der Waals surface area contributed by atoms with Crippen LogP contribution in [-0.2, 0) is 0 Å². The number of likely N-dealkylation sites (tertiary alicyclic amines) is 2. The van der Waals surface area contributed by atoms with E-state index >= 15 is 0 Å². The summed E-state index contributed by atoms with van der Waals surface area (Å²) in [5.41, 5.74) is 5.74. The molecule has 0 spiro atoms. The molecule has 6 aromatic rings. The van der Waals surface area contributed by atoms with Crippen molar-refractivity contribution in [1.82, 2.24) is 58.3 Å². The largest absolute Gasteiger partial charge is 0.345 e. The Morgan fingerprint density at radius 3 is 1.46 bits per heavy atom. The second-order valence-corrected chi connectivity index (χ2v) is 13.7. The lowest BCUT2D eigenvalue weighted by atomic mass is 9.86. The van der Waals surface area contributed by atoms with Crippen LogP contribution in [0.5, 0.6) is 0 Å². The first kappa shape index (κ1) is 31.5. The fourth-order valence-electron chi connectivity index (χ4n) is 7.25. The highest BCUT2D eigenvalue weighted by molar-refractivity contribution is 5.77. The van der Waals surface area contributed by atoms with E-state index in [0.29, 0.717) is 24.9 Å². The van der Waals surface area contributed by atoms with Gasteiger partial charge in [0.25, 0.3) is 0 Å². The molecule has 2 N–H and O–H groups in total. The van der Waals surface area contributed by atoms with Crippen molar-refractivity contribution >= 4 is 45.4 Å². The number of rotatable bonds is 2. The van der Waals surface area contributed by atoms with Gasteiger partial charge in [0.1, 0.15) is 11.6 Å². The van der Waals surface area contributed by atoms with Gasteiger partial charge in [-0.3, -0.25) is 8.80 Å². The molecule has 0 unspecified atom stereocenters. The highest BCUT2D eigenvalue weighted by Crippen LogP contribution is 2.34. The highest BCUT2D eigenvalue weighted by atomic mass is 16.2. The summed E-state index contributed by atoms with van der Waals surface area (Å²) in [6, 6.07) is 4.19. The molecule has 2 saturated heterocycles. The molecule has 0 aromatic carbocycles. The van der Waals surface area contributed by atoms with Crippen molar-refractivity contribution in [1.29, 1.82) is 0 Å². The maximum atomic E-state index is 12.4. The van der Waals surface area contributed by atoms with Gasteiger partial charge in [0, 0.05) is 78.6 Å². The molecule has 2 aliphatic rings. The third kappa shape index (κ3) is 5.48. The van der Waals surface area contributed by atoms with Gasteiger partial charge in [-0.05, 0) is 36.8 Å². The number of carbonyl (C=O) groups excluding carboxylic acids is 2. The van der Waals surface area contributed by atoms with Gasteiger partial charge in [0.05, 0.1) is 46.9 Å². The van der Waals surface area contributed by atoms with Crippen LogP contribution in [0.15, 0.2) is 49.3 Å². The van der Waals surface area contributed by atoms with E-state index in [0.717, 1.165) is 70.9 Å². The molecule has 4 atom stereocenters. The molecule has 6 aromatic heterocycles. The molecule has 0 radical (unpaired) electrons. The summed E-state index contributed by atoms with van der Waals surface area (Å²) in [4.78, 5) is 56.4. The molecule has 14 heteroatoms. The number of carbonyl (C=O) groups is 2. The maximum Gasteiger partial charge on any atom is 0.319 e. The van der Waals surface area contributed by atoms with E-state index in [9.17, 15) is 9.59 Å². The number of hydrogen-bond donors (Lipinski definition) is 2. The molecule has 14 nitrogen and oxygen atoms in total. The lowest BCUT2D eigenvalue weighted by Gasteiger charge is -2.37. The first-order chi connectivity index (χ1) is 23.1. The normalized spacial score (nSPS) is 21.5. The average Bonchev–Trinajstić information content (AvgIpc) is 3.89. The van der Waals surface area contributed by atoms with Crippen LogP contribution < -0.4 is 0 Å². The van der Waals surface area contributed by atoms with Crippen molar-refractivity contribution in [3.05, 3.63) is 61.0 Å². The van der Waals surface area contributed by atoms with Crippen LogP contribution in [0.3, 0.4) is 0 Å². The summed E-state index contributed by atoms with van der Waals surface area (Å²) in [6.07, 6.45) is 13.2. The number of aromatic nitrogens is 8. The molecule has 2 fully saturated rings. The van der Waals surface area contributed by atoms with Gasteiger partial charge < -0.3 is 29.6 Å². The number of aromatic amines is 2. The summed E-state index contributed by atoms with van der Waals surface area (Å²) >= 11 is 0. The standard InChI is InChI=1S/2C17H22N6O/c2*1-11-5-7-22(17(24)21(2)3)10-13(11)16-20-9-12-8-19-15-14(23(12)16)4-6-18-15/h2*4,6,8-9,11,13,18H,5,7,10H2,1-3H3/t2*11-,13+/m10/s1. The van der Waals surface area contributed by atoms with E-state index in [1.807, 2.05) is 59.1 Å². The van der Waals surface area contributed by atoms with E-state index in [1.165, 1.54) is 0 Å². The molecule has 48 heavy (non-hydrogen) atoms. The van der Waals surface area contributed by atoms with Crippen molar-refractivity contribution in [2.24, 2.45) is 11.8 Å². The Labute approximate surface area is 278 Å². The van der Waals surface area contributed by atoms with Crippen LogP contribution in [0.4, 0.5) is 9.59 Å². The van der Waals surface area contributed by atoms with E-state index in [4.69, 9.17) is 9.97 Å². The summed E-state index contributed by atoms with van der Waals surface area (Å²) in [5, 5.41) is 0. The van der Waals surface area contributed by atoms with Gasteiger partial charge in [-0.25, -0.2) is 29.5 Å². The highest BCUT2D eigenvalue weighted by Gasteiger charge is 2.34. The van der Waals surface area contributed by atoms with Crippen molar-refractivity contribution in [3.8, 4) is 0 Å². The van der Waals surface area contributed by atoms with Crippen LogP contribution >= 0.6 is 0 Å². The number of fused-ring (bicyclic) bond motifs is 6. The van der Waals surface area contributed by atoms with E-state index in [2.05, 4.69) is 42.6 Å². The zero-order valence-corrected chi connectivity index (χ0v) is 28.5. The number of amides is 4. The lowest BCUT2D eigenvalue weighted by Crippen LogP contribution is -2.46. The van der Waals surface area contributed by atoms with Crippen LogP contribution in [0, 0.1) is 11.8 Å². The Hall–Kier alpha value is -5.14. The Balaban J connectivity index is 0.000000152. The molecule has 0 aliphatic carbocycles. The minimum atomic E-state index is 0.0706. The van der Waals surface area contributed by atoms with E-state index in [-0.39, 0.29) is 23.9 Å². The SMILES string of the molecule is C[C@@H]1CCN(C(=O)N(C)C)C[C@@H]1c1ncc2cnc3[nH]ccc3n12.C[C@H]1CCN(C(=O)N(C)C)C[C@H]1c1ncc2cnc3[nH]ccc3n12. The Morgan fingerprint density at radius 2 is 1.06 bits per heavy atom. The number of nitrogens with zero attached hydrogens (tertiary/aromatic N) is 10. The predicted octanol–water partition coefficient (Wildman–Crippen LogP) is 4.64. The van der Waals surface area contributed by atoms with Crippen LogP contribution in [0.25, 0.3) is 33.4 Å². The molecule has 252 valence electrons. The van der Waals surface area contributed by atoms with Crippen molar-refractivity contribution in [3.63, 3.8) is 0 Å². The van der Waals surface area contributed by atoms with Crippen LogP contribution in [-0.4, -0.2) is 125 Å². The molecular formula is C34H44N12O2. The first-order valence-electron chi connectivity index (χ1n) is 16.6. The van der Waals surface area contributed by atoms with Gasteiger partial charge in [-0.2, -0.15) is 0 Å². The quantitative estimate of drug-likeness (QED) is 0.280. The Morgan fingerprint density at radius 1 is 0.667 bits per heavy atom. The summed E-state index contributed by atoms with van der Waals surface area (Å²) in [5.74, 6) is 3.41. The fourth-order valence-corrected chi connectivity index (χ4v) is 7.25. The van der Waals surface area contributed by atoms with Gasteiger partial charge >= 0.3 is 12.1 Å². The van der Waals surface area contributed by atoms with Crippen molar-refractivity contribution in [2.45, 2.75) is 38.5 Å². The summed E-state index contributed by atoms with van der Waals surface area (Å²) in [7, 11) is 7.20. The van der Waals surface area contributed by atoms with Crippen molar-refractivity contribution < 1.29 is 9.59 Å². The number of piperidine rings is 2. The maximum absolute atomic E-state index is 12.4. The minimum absolute atomic E-state index is 0.0706. The summed E-state index contributed by atoms with van der Waals surface area (Å²) < 4.78 is 4.34. The van der Waals surface area contributed by atoms with Crippen LogP contribution in [0.2, 0.25) is 0 Å². The first-order valence-corrected chi connectivity index (χ1v) is 16.6. The molecule has 8 rings (SSSR count). The second kappa shape index (κ2) is 12.5. The molecule has 4 amide bonds. The Bertz CT molecular complexity index is 1940. The third-order valence-corrected chi connectivity index (χ3v) is 10.1. The third-order valence-electron chi connectivity index (χ3n) is 10.1. The summed E-state index contributed by atoms with van der Waals surface area (Å²) in [6.45, 7) is 7.51. The minimum Gasteiger partial charge on any atom is -0.345 e. The monoisotopic (exact) mass is 652 g/mol. The number of imidazole rings is 2. The lowest BCUT2D eigenvalue weighted by molar-refractivity contribution is 0.138. The number of nitrogens with one attached hydrogen (secondary N) is 2. The van der Waals surface area contributed by atoms with Gasteiger partial charge in [0.2, 0.25) is 0 Å². The average molecular weight is 653 g/mol. The van der Waals surface area contributed by atoms with Gasteiger partial charge in [-0.1, -0.05) is 13.8 Å². The fraction of sp³-hybridized carbons (Fsp3) is 0.471. The molecule has 0 saturated carbocycles. The number of hydrogen-bond acceptors (Lipinski definition) is 6. The molecule has 0 bridgehead atoms. The zero-order valence-electron chi connectivity index (χ0n) is 28.5. The van der Waals surface area contributed by atoms with Gasteiger partial charge in [-0.15, -0.1) is 0 Å². The predicted molar refractivity (Wildman–Crippen MR) is 184 cm³/mol. The van der Waals surface area contributed by atoms with E-state index < -0.39 is 0 Å². The molecule has 8 heterocycles. The topological polar surface area (TPSA) is 139 Å².